The fraction of sp³-hybridized carbons (Fsp3) is 0.318. The first kappa shape index (κ1) is 25.6. The summed E-state index contributed by atoms with van der Waals surface area (Å²) in [5, 5.41) is 6.63. The summed E-state index contributed by atoms with van der Waals surface area (Å²) in [6.07, 6.45) is 2.06. The van der Waals surface area contributed by atoms with Gasteiger partial charge in [0.15, 0.2) is 11.5 Å². The Labute approximate surface area is 199 Å². The summed E-state index contributed by atoms with van der Waals surface area (Å²) < 4.78 is 26.0. The first-order chi connectivity index (χ1) is 15.3. The zero-order valence-corrected chi connectivity index (χ0v) is 20.2. The fourth-order valence-electron chi connectivity index (χ4n) is 2.49. The molecule has 0 heterocycles. The minimum atomic E-state index is -0.868. The Balaban J connectivity index is 2.13. The third-order valence-corrected chi connectivity index (χ3v) is 5.27. The third-order valence-electron chi connectivity index (χ3n) is 4.33. The summed E-state index contributed by atoms with van der Waals surface area (Å²) in [6.45, 7) is 5.76. The van der Waals surface area contributed by atoms with Gasteiger partial charge in [-0.25, -0.2) is 9.82 Å². The van der Waals surface area contributed by atoms with Crippen LogP contribution in [0.2, 0.25) is 5.02 Å². The molecule has 2 rings (SSSR count). The molecule has 1 atom stereocenters. The molecule has 0 saturated heterocycles. The summed E-state index contributed by atoms with van der Waals surface area (Å²) in [4.78, 5) is 23.6. The molecule has 0 radical (unpaired) electrons. The van der Waals surface area contributed by atoms with E-state index < -0.39 is 17.6 Å². The number of carbonyl (C=O) groups is 2. The zero-order valence-electron chi connectivity index (χ0n) is 17.9. The van der Waals surface area contributed by atoms with Gasteiger partial charge in [-0.2, -0.15) is 5.10 Å². The monoisotopic (exact) mass is 527 g/mol. The summed E-state index contributed by atoms with van der Waals surface area (Å²) in [6, 6.07) is 7.61. The molecule has 0 aliphatic heterocycles. The molecule has 32 heavy (non-hydrogen) atoms. The fourth-order valence-corrected chi connectivity index (χ4v) is 3.28. The smallest absolute Gasteiger partial charge is 0.329 e. The first-order valence-corrected chi connectivity index (χ1v) is 11.1. The normalized spacial score (nSPS) is 11.8. The number of hydrogen-bond acceptors (Lipinski definition) is 5. The number of nitrogens with zero attached hydrogens (tertiary/aromatic N) is 1. The molecule has 7 nitrogen and oxygen atoms in total. The summed E-state index contributed by atoms with van der Waals surface area (Å²) in [5.41, 5.74) is 2.98. The van der Waals surface area contributed by atoms with Gasteiger partial charge in [0.25, 0.3) is 0 Å². The topological polar surface area (TPSA) is 89.0 Å². The second kappa shape index (κ2) is 12.4. The van der Waals surface area contributed by atoms with Crippen molar-refractivity contribution in [1.29, 1.82) is 0 Å². The van der Waals surface area contributed by atoms with Crippen molar-refractivity contribution in [2.24, 2.45) is 5.10 Å². The van der Waals surface area contributed by atoms with Crippen LogP contribution in [0.25, 0.3) is 0 Å². The molecule has 0 saturated carbocycles. The molecule has 0 spiro atoms. The second-order valence-electron chi connectivity index (χ2n) is 6.73. The Morgan fingerprint density at radius 2 is 2.00 bits per heavy atom. The van der Waals surface area contributed by atoms with E-state index in [1.807, 2.05) is 13.8 Å². The Morgan fingerprint density at radius 1 is 1.25 bits per heavy atom. The van der Waals surface area contributed by atoms with Crippen molar-refractivity contribution in [3.8, 4) is 11.5 Å². The van der Waals surface area contributed by atoms with E-state index >= 15 is 0 Å². The third kappa shape index (κ3) is 7.20. The Morgan fingerprint density at radius 3 is 2.66 bits per heavy atom. The van der Waals surface area contributed by atoms with Gasteiger partial charge in [0, 0.05) is 11.6 Å². The molecule has 0 aromatic heterocycles. The van der Waals surface area contributed by atoms with Crippen LogP contribution in [0.5, 0.6) is 11.5 Å². The Bertz CT molecular complexity index is 983. The number of hydrogen-bond donors (Lipinski definition) is 2. The Hall–Kier alpha value is -2.65. The predicted octanol–water partition coefficient (Wildman–Crippen LogP) is 4.58. The first-order valence-electron chi connectivity index (χ1n) is 9.92. The highest BCUT2D eigenvalue weighted by atomic mass is 79.9. The SMILES string of the molecule is CCOc1cc(/C=N\NC(=O)C(=O)N[C@H](C)CC)cc(Br)c1OCc1c(F)cccc1Cl. The molecule has 0 aliphatic rings. The van der Waals surface area contributed by atoms with Crippen LogP contribution < -0.4 is 20.2 Å². The van der Waals surface area contributed by atoms with Crippen molar-refractivity contribution < 1.29 is 23.5 Å². The number of ether oxygens (including phenoxy) is 2. The van der Waals surface area contributed by atoms with Crippen LogP contribution in [-0.4, -0.2) is 30.7 Å². The molecule has 10 heteroatoms. The van der Waals surface area contributed by atoms with Gasteiger partial charge >= 0.3 is 11.8 Å². The number of amides is 2. The molecule has 172 valence electrons. The van der Waals surface area contributed by atoms with Crippen molar-refractivity contribution in [2.75, 3.05) is 6.61 Å². The van der Waals surface area contributed by atoms with Gasteiger partial charge in [-0.3, -0.25) is 9.59 Å². The van der Waals surface area contributed by atoms with Crippen molar-refractivity contribution in [1.82, 2.24) is 10.7 Å². The molecule has 0 fully saturated rings. The lowest BCUT2D eigenvalue weighted by Crippen LogP contribution is -2.41. The van der Waals surface area contributed by atoms with Crippen molar-refractivity contribution >= 4 is 45.6 Å². The molecule has 0 unspecified atom stereocenters. The van der Waals surface area contributed by atoms with Gasteiger partial charge in [0.05, 0.1) is 22.3 Å². The average molecular weight is 529 g/mol. The van der Waals surface area contributed by atoms with Crippen molar-refractivity contribution in [3.63, 3.8) is 0 Å². The standard InChI is InChI=1S/C22H24BrClFN3O4/c1-4-13(3)27-21(29)22(30)28-26-11-14-9-16(23)20(19(10-14)31-5-2)32-12-15-17(24)7-6-8-18(15)25/h6-11,13H,4-5,12H2,1-3H3,(H,27,29)(H,28,30)/b26-11-/t13-/m1/s1. The molecule has 2 aromatic carbocycles. The van der Waals surface area contributed by atoms with Gasteiger partial charge in [0.1, 0.15) is 12.4 Å². The summed E-state index contributed by atoms with van der Waals surface area (Å²) in [7, 11) is 0. The van der Waals surface area contributed by atoms with E-state index in [9.17, 15) is 14.0 Å². The van der Waals surface area contributed by atoms with Crippen LogP contribution in [0.1, 0.15) is 38.3 Å². The number of rotatable bonds is 9. The highest BCUT2D eigenvalue weighted by Gasteiger charge is 2.16. The van der Waals surface area contributed by atoms with Crippen molar-refractivity contribution in [2.45, 2.75) is 39.8 Å². The number of halogens is 3. The second-order valence-corrected chi connectivity index (χ2v) is 8.00. The van der Waals surface area contributed by atoms with Crippen LogP contribution in [0.4, 0.5) is 4.39 Å². The zero-order chi connectivity index (χ0) is 23.7. The molecular weight excluding hydrogens is 505 g/mol. The van der Waals surface area contributed by atoms with E-state index in [0.717, 1.165) is 0 Å². The predicted molar refractivity (Wildman–Crippen MR) is 125 cm³/mol. The van der Waals surface area contributed by atoms with Gasteiger partial charge in [-0.15, -0.1) is 0 Å². The van der Waals surface area contributed by atoms with E-state index in [1.165, 1.54) is 18.3 Å². The summed E-state index contributed by atoms with van der Waals surface area (Å²) in [5.74, 6) is -1.35. The van der Waals surface area contributed by atoms with E-state index in [1.54, 1.807) is 25.1 Å². The van der Waals surface area contributed by atoms with Crippen molar-refractivity contribution in [3.05, 3.63) is 56.8 Å². The van der Waals surface area contributed by atoms with Crippen LogP contribution in [0.15, 0.2) is 39.9 Å². The maximum atomic E-state index is 14.0. The van der Waals surface area contributed by atoms with Gasteiger partial charge in [0.2, 0.25) is 0 Å². The average Bonchev–Trinajstić information content (AvgIpc) is 2.74. The molecule has 2 amide bonds. The minimum Gasteiger partial charge on any atom is -0.490 e. The molecule has 2 N–H and O–H groups in total. The number of hydrazone groups is 1. The quantitative estimate of drug-likeness (QED) is 0.283. The maximum absolute atomic E-state index is 14.0. The number of nitrogens with one attached hydrogen (secondary N) is 2. The summed E-state index contributed by atoms with van der Waals surface area (Å²) >= 11 is 9.47. The van der Waals surface area contributed by atoms with Gasteiger partial charge in [-0.05, 0) is 66.0 Å². The molecule has 0 bridgehead atoms. The Kier molecular flexibility index (Phi) is 9.93. The van der Waals surface area contributed by atoms with Crippen LogP contribution in [0.3, 0.4) is 0 Å². The van der Waals surface area contributed by atoms with E-state index in [-0.39, 0.29) is 23.2 Å². The lowest BCUT2D eigenvalue weighted by atomic mass is 10.2. The number of carbonyl (C=O) groups excluding carboxylic acids is 2. The highest BCUT2D eigenvalue weighted by Crippen LogP contribution is 2.37. The lowest BCUT2D eigenvalue weighted by Gasteiger charge is -2.15. The largest absolute Gasteiger partial charge is 0.490 e. The van der Waals surface area contributed by atoms with Gasteiger partial charge in [-0.1, -0.05) is 24.6 Å². The van der Waals surface area contributed by atoms with E-state index in [2.05, 4.69) is 31.8 Å². The van der Waals surface area contributed by atoms with E-state index in [0.29, 0.717) is 34.6 Å². The van der Waals surface area contributed by atoms with Gasteiger partial charge < -0.3 is 14.8 Å². The number of benzene rings is 2. The highest BCUT2D eigenvalue weighted by molar-refractivity contribution is 9.10. The lowest BCUT2D eigenvalue weighted by molar-refractivity contribution is -0.139. The van der Waals surface area contributed by atoms with Crippen LogP contribution in [-0.2, 0) is 16.2 Å². The van der Waals surface area contributed by atoms with E-state index in [4.69, 9.17) is 21.1 Å². The maximum Gasteiger partial charge on any atom is 0.329 e. The molecule has 0 aliphatic carbocycles. The van der Waals surface area contributed by atoms with Crippen LogP contribution in [0, 0.1) is 5.82 Å². The molecular formula is C22H24BrClFN3O4. The van der Waals surface area contributed by atoms with Crippen LogP contribution >= 0.6 is 27.5 Å². The minimum absolute atomic E-state index is 0.0982. The molecule has 2 aromatic rings.